The zero-order chi connectivity index (χ0) is 14.5. The Bertz CT molecular complexity index is 658. The van der Waals surface area contributed by atoms with Crippen LogP contribution in [0.25, 0.3) is 0 Å². The molecule has 0 saturated carbocycles. The van der Waals surface area contributed by atoms with Crippen molar-refractivity contribution in [3.63, 3.8) is 0 Å². The Morgan fingerprint density at radius 2 is 2.00 bits per heavy atom. The van der Waals surface area contributed by atoms with Gasteiger partial charge in [-0.25, -0.2) is 4.79 Å². The normalized spacial score (nSPS) is 10.1. The van der Waals surface area contributed by atoms with E-state index in [-0.39, 0.29) is 17.9 Å². The highest BCUT2D eigenvalue weighted by Gasteiger charge is 2.13. The van der Waals surface area contributed by atoms with Crippen molar-refractivity contribution in [2.75, 3.05) is 5.32 Å². The van der Waals surface area contributed by atoms with Crippen molar-refractivity contribution in [2.24, 2.45) is 0 Å². The van der Waals surface area contributed by atoms with Crippen molar-refractivity contribution in [2.45, 2.75) is 6.42 Å². The number of nitrogens with one attached hydrogen (secondary N) is 1. The van der Waals surface area contributed by atoms with Gasteiger partial charge in [-0.2, -0.15) is 0 Å². The molecule has 0 bridgehead atoms. The number of carbonyl (C=O) groups excluding carboxylic acids is 1. The standard InChI is InChI=1S/C14H11ClN2O3/c15-11-5-6-16-8-12(11)17-13(18)7-9-3-1-2-4-10(9)14(19)20/h1-6,8H,7H2,(H,17,18)(H,19,20). The first kappa shape index (κ1) is 14.0. The zero-order valence-electron chi connectivity index (χ0n) is 10.3. The van der Waals surface area contributed by atoms with E-state index in [4.69, 9.17) is 16.7 Å². The number of pyridine rings is 1. The van der Waals surface area contributed by atoms with Gasteiger partial charge in [0.15, 0.2) is 0 Å². The van der Waals surface area contributed by atoms with Gasteiger partial charge in [0.25, 0.3) is 0 Å². The predicted octanol–water partition coefficient (Wildman–Crippen LogP) is 2.61. The van der Waals surface area contributed by atoms with Crippen LogP contribution in [0.15, 0.2) is 42.7 Å². The lowest BCUT2D eigenvalue weighted by atomic mass is 10.0. The molecule has 1 amide bonds. The predicted molar refractivity (Wildman–Crippen MR) is 75.0 cm³/mol. The van der Waals surface area contributed by atoms with E-state index in [0.717, 1.165) is 0 Å². The van der Waals surface area contributed by atoms with Crippen LogP contribution in [0.3, 0.4) is 0 Å². The lowest BCUT2D eigenvalue weighted by Crippen LogP contribution is -2.16. The number of aromatic nitrogens is 1. The third-order valence-electron chi connectivity index (χ3n) is 2.64. The van der Waals surface area contributed by atoms with Gasteiger partial charge in [-0.1, -0.05) is 29.8 Å². The summed E-state index contributed by atoms with van der Waals surface area (Å²) in [6.07, 6.45) is 2.90. The highest BCUT2D eigenvalue weighted by atomic mass is 35.5. The fourth-order valence-electron chi connectivity index (χ4n) is 1.72. The summed E-state index contributed by atoms with van der Waals surface area (Å²) >= 11 is 5.90. The number of hydrogen-bond donors (Lipinski definition) is 2. The van der Waals surface area contributed by atoms with E-state index in [1.54, 1.807) is 24.3 Å². The maximum Gasteiger partial charge on any atom is 0.335 e. The van der Waals surface area contributed by atoms with Crippen LogP contribution in [0, 0.1) is 0 Å². The van der Waals surface area contributed by atoms with Gasteiger partial charge >= 0.3 is 5.97 Å². The molecule has 20 heavy (non-hydrogen) atoms. The molecule has 0 radical (unpaired) electrons. The largest absolute Gasteiger partial charge is 0.478 e. The topological polar surface area (TPSA) is 79.3 Å². The summed E-state index contributed by atoms with van der Waals surface area (Å²) < 4.78 is 0. The number of nitrogens with zero attached hydrogens (tertiary/aromatic N) is 1. The Kier molecular flexibility index (Phi) is 4.32. The Labute approximate surface area is 120 Å². The average Bonchev–Trinajstić information content (AvgIpc) is 2.41. The van der Waals surface area contributed by atoms with Crippen LogP contribution >= 0.6 is 11.6 Å². The molecule has 2 N–H and O–H groups in total. The monoisotopic (exact) mass is 290 g/mol. The van der Waals surface area contributed by atoms with Crippen LogP contribution in [-0.4, -0.2) is 22.0 Å². The van der Waals surface area contributed by atoms with Gasteiger partial charge in [-0.3, -0.25) is 9.78 Å². The number of halogens is 1. The van der Waals surface area contributed by atoms with E-state index < -0.39 is 5.97 Å². The molecular weight excluding hydrogens is 280 g/mol. The second-order valence-corrected chi connectivity index (χ2v) is 4.45. The van der Waals surface area contributed by atoms with Crippen LogP contribution in [0.1, 0.15) is 15.9 Å². The summed E-state index contributed by atoms with van der Waals surface area (Å²) in [5.41, 5.74) is 0.949. The maximum absolute atomic E-state index is 11.9. The second kappa shape index (κ2) is 6.16. The summed E-state index contributed by atoms with van der Waals surface area (Å²) in [5.74, 6) is -1.42. The first-order valence-electron chi connectivity index (χ1n) is 5.78. The molecule has 0 saturated heterocycles. The fraction of sp³-hybridized carbons (Fsp3) is 0.0714. The van der Waals surface area contributed by atoms with Crippen LogP contribution in [0.4, 0.5) is 5.69 Å². The minimum atomic E-state index is -1.06. The number of amides is 1. The van der Waals surface area contributed by atoms with Crippen LogP contribution < -0.4 is 5.32 Å². The first-order valence-corrected chi connectivity index (χ1v) is 6.16. The van der Waals surface area contributed by atoms with Gasteiger partial charge in [0.1, 0.15) is 0 Å². The molecule has 0 spiro atoms. The number of carbonyl (C=O) groups is 2. The smallest absolute Gasteiger partial charge is 0.335 e. The lowest BCUT2D eigenvalue weighted by Gasteiger charge is -2.08. The highest BCUT2D eigenvalue weighted by molar-refractivity contribution is 6.33. The number of anilines is 1. The van der Waals surface area contributed by atoms with Crippen molar-refractivity contribution in [1.82, 2.24) is 4.98 Å². The van der Waals surface area contributed by atoms with Gasteiger partial charge < -0.3 is 10.4 Å². The quantitative estimate of drug-likeness (QED) is 0.907. The number of carboxylic acid groups (broad SMARTS) is 1. The Hall–Kier alpha value is -2.40. The van der Waals surface area contributed by atoms with Crippen molar-refractivity contribution in [3.05, 3.63) is 58.9 Å². The second-order valence-electron chi connectivity index (χ2n) is 4.04. The minimum Gasteiger partial charge on any atom is -0.478 e. The summed E-state index contributed by atoms with van der Waals surface area (Å²) in [6.45, 7) is 0. The fourth-order valence-corrected chi connectivity index (χ4v) is 1.87. The Balaban J connectivity index is 2.13. The highest BCUT2D eigenvalue weighted by Crippen LogP contribution is 2.19. The molecule has 1 heterocycles. The minimum absolute atomic E-state index is 0.0479. The van der Waals surface area contributed by atoms with Crippen LogP contribution in [0.5, 0.6) is 0 Å². The molecule has 2 rings (SSSR count). The van der Waals surface area contributed by atoms with Gasteiger partial charge in [-0.05, 0) is 17.7 Å². The van der Waals surface area contributed by atoms with Crippen LogP contribution in [0.2, 0.25) is 5.02 Å². The molecule has 0 aliphatic rings. The molecule has 2 aromatic rings. The maximum atomic E-state index is 11.9. The summed E-state index contributed by atoms with van der Waals surface area (Å²) in [5, 5.41) is 12.0. The van der Waals surface area contributed by atoms with Crippen molar-refractivity contribution in [1.29, 1.82) is 0 Å². The first-order chi connectivity index (χ1) is 9.58. The van der Waals surface area contributed by atoms with Crippen molar-refractivity contribution >= 4 is 29.2 Å². The molecule has 1 aromatic carbocycles. The number of benzene rings is 1. The average molecular weight is 291 g/mol. The molecule has 0 aliphatic heterocycles. The third-order valence-corrected chi connectivity index (χ3v) is 2.97. The summed E-state index contributed by atoms with van der Waals surface area (Å²) in [6, 6.07) is 7.92. The molecule has 0 aliphatic carbocycles. The van der Waals surface area contributed by atoms with E-state index in [1.165, 1.54) is 18.5 Å². The molecular formula is C14H11ClN2O3. The lowest BCUT2D eigenvalue weighted by molar-refractivity contribution is -0.115. The summed E-state index contributed by atoms with van der Waals surface area (Å²) in [7, 11) is 0. The Morgan fingerprint density at radius 1 is 1.25 bits per heavy atom. The molecule has 6 heteroatoms. The summed E-state index contributed by atoms with van der Waals surface area (Å²) in [4.78, 5) is 26.8. The molecule has 0 unspecified atom stereocenters. The Morgan fingerprint density at radius 3 is 2.70 bits per heavy atom. The SMILES string of the molecule is O=C(Cc1ccccc1C(=O)O)Nc1cnccc1Cl. The molecule has 0 atom stereocenters. The number of carboxylic acids is 1. The molecule has 102 valence electrons. The van der Waals surface area contributed by atoms with Crippen molar-refractivity contribution < 1.29 is 14.7 Å². The van der Waals surface area contributed by atoms with Gasteiger partial charge in [-0.15, -0.1) is 0 Å². The number of hydrogen-bond acceptors (Lipinski definition) is 3. The molecule has 1 aromatic heterocycles. The van der Waals surface area contributed by atoms with Gasteiger partial charge in [0.05, 0.1) is 28.9 Å². The van der Waals surface area contributed by atoms with Crippen molar-refractivity contribution in [3.8, 4) is 0 Å². The number of rotatable bonds is 4. The van der Waals surface area contributed by atoms with E-state index >= 15 is 0 Å². The molecule has 5 nitrogen and oxygen atoms in total. The van der Waals surface area contributed by atoms with Gasteiger partial charge in [0, 0.05) is 6.20 Å². The zero-order valence-corrected chi connectivity index (χ0v) is 11.1. The van der Waals surface area contributed by atoms with E-state index in [2.05, 4.69) is 10.3 Å². The van der Waals surface area contributed by atoms with Gasteiger partial charge in [0.2, 0.25) is 5.91 Å². The number of aromatic carboxylic acids is 1. The molecule has 0 fully saturated rings. The third kappa shape index (κ3) is 3.33. The van der Waals surface area contributed by atoms with Crippen LogP contribution in [-0.2, 0) is 11.2 Å². The van der Waals surface area contributed by atoms with E-state index in [1.807, 2.05) is 0 Å². The van der Waals surface area contributed by atoms with E-state index in [9.17, 15) is 9.59 Å². The van der Waals surface area contributed by atoms with E-state index in [0.29, 0.717) is 16.3 Å².